The zero-order valence-corrected chi connectivity index (χ0v) is 9.39. The quantitative estimate of drug-likeness (QED) is 0.801. The molecule has 1 aliphatic heterocycles. The molecule has 5 nitrogen and oxygen atoms in total. The molecule has 16 heavy (non-hydrogen) atoms. The van der Waals surface area contributed by atoms with E-state index in [0.29, 0.717) is 18.7 Å². The minimum Gasteiger partial charge on any atom is -0.335 e. The van der Waals surface area contributed by atoms with Gasteiger partial charge in [0.15, 0.2) is 0 Å². The number of nitrogens with two attached hydrogens (primary N) is 1. The first-order valence-corrected chi connectivity index (χ1v) is 5.48. The van der Waals surface area contributed by atoms with Gasteiger partial charge in [0.05, 0.1) is 11.1 Å². The Morgan fingerprint density at radius 3 is 2.69 bits per heavy atom. The molecule has 0 radical (unpaired) electrons. The van der Waals surface area contributed by atoms with Crippen molar-refractivity contribution in [2.45, 2.75) is 25.3 Å². The fourth-order valence-electron chi connectivity index (χ4n) is 2.11. The normalized spacial score (nSPS) is 18.0. The molecule has 2 heterocycles. The maximum absolute atomic E-state index is 11.9. The monoisotopic (exact) mass is 220 g/mol. The number of likely N-dealkylation sites (tertiary alicyclic amines) is 1. The summed E-state index contributed by atoms with van der Waals surface area (Å²) in [5.74, 6) is -0.0298. The SMILES string of the molecule is CCCC1(N)CN(C(=O)c2cncnc2)C1. The lowest BCUT2D eigenvalue weighted by Gasteiger charge is -2.47. The third-order valence-electron chi connectivity index (χ3n) is 2.85. The van der Waals surface area contributed by atoms with Crippen LogP contribution in [0.5, 0.6) is 0 Å². The average Bonchev–Trinajstić information content (AvgIpc) is 2.26. The zero-order valence-electron chi connectivity index (χ0n) is 9.39. The first-order chi connectivity index (χ1) is 7.64. The lowest BCUT2D eigenvalue weighted by molar-refractivity contribution is 0.0385. The van der Waals surface area contributed by atoms with E-state index in [9.17, 15) is 4.79 Å². The van der Waals surface area contributed by atoms with Gasteiger partial charge in [0.1, 0.15) is 6.33 Å². The van der Waals surface area contributed by atoms with E-state index in [-0.39, 0.29) is 11.4 Å². The molecule has 2 rings (SSSR count). The van der Waals surface area contributed by atoms with Gasteiger partial charge in [0, 0.05) is 25.5 Å². The zero-order chi connectivity index (χ0) is 11.6. The summed E-state index contributed by atoms with van der Waals surface area (Å²) in [4.78, 5) is 21.3. The van der Waals surface area contributed by atoms with Crippen LogP contribution in [0.2, 0.25) is 0 Å². The van der Waals surface area contributed by atoms with Crippen LogP contribution in [-0.2, 0) is 0 Å². The van der Waals surface area contributed by atoms with Crippen LogP contribution in [0.4, 0.5) is 0 Å². The van der Waals surface area contributed by atoms with E-state index >= 15 is 0 Å². The minimum atomic E-state index is -0.181. The number of aromatic nitrogens is 2. The summed E-state index contributed by atoms with van der Waals surface area (Å²) in [6, 6.07) is 0. The van der Waals surface area contributed by atoms with Crippen LogP contribution in [0, 0.1) is 0 Å². The van der Waals surface area contributed by atoms with Gasteiger partial charge in [-0.25, -0.2) is 9.97 Å². The summed E-state index contributed by atoms with van der Waals surface area (Å²) < 4.78 is 0. The van der Waals surface area contributed by atoms with Gasteiger partial charge in [-0.05, 0) is 6.42 Å². The van der Waals surface area contributed by atoms with Gasteiger partial charge in [-0.15, -0.1) is 0 Å². The number of rotatable bonds is 3. The Hall–Kier alpha value is -1.49. The lowest BCUT2D eigenvalue weighted by atomic mass is 9.86. The molecule has 2 N–H and O–H groups in total. The summed E-state index contributed by atoms with van der Waals surface area (Å²) in [6.45, 7) is 3.37. The van der Waals surface area contributed by atoms with Crippen molar-refractivity contribution in [3.63, 3.8) is 0 Å². The van der Waals surface area contributed by atoms with Crippen LogP contribution >= 0.6 is 0 Å². The van der Waals surface area contributed by atoms with E-state index in [2.05, 4.69) is 16.9 Å². The average molecular weight is 220 g/mol. The lowest BCUT2D eigenvalue weighted by Crippen LogP contribution is -2.68. The van der Waals surface area contributed by atoms with Crippen molar-refractivity contribution in [3.8, 4) is 0 Å². The first-order valence-electron chi connectivity index (χ1n) is 5.48. The van der Waals surface area contributed by atoms with E-state index in [1.165, 1.54) is 18.7 Å². The highest BCUT2D eigenvalue weighted by atomic mass is 16.2. The molecule has 0 aliphatic carbocycles. The number of hydrogen-bond donors (Lipinski definition) is 1. The van der Waals surface area contributed by atoms with Crippen LogP contribution in [0.25, 0.3) is 0 Å². The largest absolute Gasteiger partial charge is 0.335 e. The Morgan fingerprint density at radius 2 is 2.12 bits per heavy atom. The number of carbonyl (C=O) groups is 1. The molecule has 86 valence electrons. The third kappa shape index (κ3) is 2.04. The molecule has 1 aromatic heterocycles. The minimum absolute atomic E-state index is 0.0298. The Labute approximate surface area is 94.7 Å². The van der Waals surface area contributed by atoms with Gasteiger partial charge in [-0.2, -0.15) is 0 Å². The molecule has 1 amide bonds. The maximum atomic E-state index is 11.9. The summed E-state index contributed by atoms with van der Waals surface area (Å²) in [6.07, 6.45) is 6.49. The number of nitrogens with zero attached hydrogens (tertiary/aromatic N) is 3. The summed E-state index contributed by atoms with van der Waals surface area (Å²) in [7, 11) is 0. The van der Waals surface area contributed by atoms with E-state index in [0.717, 1.165) is 12.8 Å². The molecule has 0 atom stereocenters. The molecular weight excluding hydrogens is 204 g/mol. The van der Waals surface area contributed by atoms with Gasteiger partial charge in [-0.1, -0.05) is 13.3 Å². The molecule has 1 aliphatic rings. The standard InChI is InChI=1S/C11H16N4O/c1-2-3-11(12)6-15(7-11)10(16)9-4-13-8-14-5-9/h4-5,8H,2-3,6-7,12H2,1H3. The molecule has 0 spiro atoms. The van der Waals surface area contributed by atoms with Gasteiger partial charge >= 0.3 is 0 Å². The highest BCUT2D eigenvalue weighted by Crippen LogP contribution is 2.24. The molecule has 1 saturated heterocycles. The predicted octanol–water partition coefficient (Wildman–Crippen LogP) is 0.430. The molecular formula is C11H16N4O. The van der Waals surface area contributed by atoms with Crippen molar-refractivity contribution in [2.24, 2.45) is 5.73 Å². The van der Waals surface area contributed by atoms with Crippen LogP contribution in [-0.4, -0.2) is 39.4 Å². The molecule has 0 saturated carbocycles. The fraction of sp³-hybridized carbons (Fsp3) is 0.545. The van der Waals surface area contributed by atoms with Crippen LogP contribution in [0.15, 0.2) is 18.7 Å². The summed E-state index contributed by atoms with van der Waals surface area (Å²) >= 11 is 0. The first kappa shape index (κ1) is 11.0. The van der Waals surface area contributed by atoms with E-state index < -0.39 is 0 Å². The third-order valence-corrected chi connectivity index (χ3v) is 2.85. The van der Waals surface area contributed by atoms with E-state index in [1.807, 2.05) is 0 Å². The van der Waals surface area contributed by atoms with Crippen LogP contribution < -0.4 is 5.73 Å². The van der Waals surface area contributed by atoms with Crippen molar-refractivity contribution in [2.75, 3.05) is 13.1 Å². The van der Waals surface area contributed by atoms with Crippen molar-refractivity contribution in [1.82, 2.24) is 14.9 Å². The second-order valence-corrected chi connectivity index (χ2v) is 4.40. The second kappa shape index (κ2) is 4.17. The number of hydrogen-bond acceptors (Lipinski definition) is 4. The second-order valence-electron chi connectivity index (χ2n) is 4.40. The molecule has 1 aromatic rings. The van der Waals surface area contributed by atoms with Crippen molar-refractivity contribution in [3.05, 3.63) is 24.3 Å². The van der Waals surface area contributed by atoms with Gasteiger partial charge in [0.25, 0.3) is 5.91 Å². The fourth-order valence-corrected chi connectivity index (χ4v) is 2.11. The molecule has 0 aromatic carbocycles. The van der Waals surface area contributed by atoms with Crippen molar-refractivity contribution in [1.29, 1.82) is 0 Å². The van der Waals surface area contributed by atoms with Crippen molar-refractivity contribution >= 4 is 5.91 Å². The number of carbonyl (C=O) groups excluding carboxylic acids is 1. The van der Waals surface area contributed by atoms with Crippen molar-refractivity contribution < 1.29 is 4.79 Å². The van der Waals surface area contributed by atoms with Crippen LogP contribution in [0.1, 0.15) is 30.1 Å². The molecule has 1 fully saturated rings. The predicted molar refractivity (Wildman–Crippen MR) is 59.8 cm³/mol. The van der Waals surface area contributed by atoms with Crippen LogP contribution in [0.3, 0.4) is 0 Å². The topological polar surface area (TPSA) is 72.1 Å². The highest BCUT2D eigenvalue weighted by molar-refractivity contribution is 5.94. The Morgan fingerprint density at radius 1 is 1.50 bits per heavy atom. The Bertz CT molecular complexity index is 373. The maximum Gasteiger partial charge on any atom is 0.257 e. The molecule has 0 unspecified atom stereocenters. The molecule has 5 heteroatoms. The Kier molecular flexibility index (Phi) is 2.87. The van der Waals surface area contributed by atoms with Gasteiger partial charge in [0.2, 0.25) is 0 Å². The summed E-state index contributed by atoms with van der Waals surface area (Å²) in [5, 5.41) is 0. The van der Waals surface area contributed by atoms with Gasteiger partial charge in [-0.3, -0.25) is 4.79 Å². The molecule has 0 bridgehead atoms. The summed E-state index contributed by atoms with van der Waals surface area (Å²) in [5.41, 5.74) is 6.44. The number of amides is 1. The smallest absolute Gasteiger partial charge is 0.257 e. The van der Waals surface area contributed by atoms with E-state index in [1.54, 1.807) is 4.90 Å². The van der Waals surface area contributed by atoms with E-state index in [4.69, 9.17) is 5.73 Å². The Balaban J connectivity index is 1.96. The highest BCUT2D eigenvalue weighted by Gasteiger charge is 2.41. The van der Waals surface area contributed by atoms with Gasteiger partial charge < -0.3 is 10.6 Å².